The highest BCUT2D eigenvalue weighted by molar-refractivity contribution is 5.97. The van der Waals surface area contributed by atoms with Gasteiger partial charge in [0.15, 0.2) is 0 Å². The summed E-state index contributed by atoms with van der Waals surface area (Å²) in [7, 11) is 0. The van der Waals surface area contributed by atoms with E-state index in [1.54, 1.807) is 11.0 Å². The van der Waals surface area contributed by atoms with Crippen molar-refractivity contribution in [3.63, 3.8) is 0 Å². The lowest BCUT2D eigenvalue weighted by atomic mass is 10.1. The van der Waals surface area contributed by atoms with E-state index in [0.29, 0.717) is 19.5 Å². The number of aryl methyl sites for hydroxylation is 1. The molecule has 0 saturated carbocycles. The molecule has 150 valence electrons. The lowest BCUT2D eigenvalue weighted by molar-refractivity contribution is -0.128. The summed E-state index contributed by atoms with van der Waals surface area (Å²) in [6.45, 7) is 4.89. The number of aromatic amines is 1. The van der Waals surface area contributed by atoms with Crippen molar-refractivity contribution >= 4 is 28.4 Å². The number of fused-ring (bicyclic) bond motifs is 1. The molecule has 0 spiro atoms. The van der Waals surface area contributed by atoms with Crippen LogP contribution in [-0.2, 0) is 16.0 Å². The zero-order chi connectivity index (χ0) is 20.5. The predicted octanol–water partition coefficient (Wildman–Crippen LogP) is 3.95. The molecule has 1 saturated heterocycles. The Morgan fingerprint density at radius 1 is 1.28 bits per heavy atom. The number of nitrogens with zero attached hydrogens (tertiary/aromatic N) is 1. The number of hydrogen-bond acceptors (Lipinski definition) is 2. The summed E-state index contributed by atoms with van der Waals surface area (Å²) >= 11 is 0. The molecule has 1 atom stereocenters. The van der Waals surface area contributed by atoms with Gasteiger partial charge < -0.3 is 15.2 Å². The monoisotopic (exact) mass is 393 g/mol. The minimum Gasteiger partial charge on any atom is -0.361 e. The second-order valence-corrected chi connectivity index (χ2v) is 7.73. The highest BCUT2D eigenvalue weighted by Crippen LogP contribution is 2.24. The molecule has 2 N–H and O–H groups in total. The molecule has 1 aromatic heterocycles. The fraction of sp³-hybridized carbons (Fsp3) is 0.304. The topological polar surface area (TPSA) is 65.2 Å². The third-order valence-corrected chi connectivity index (χ3v) is 5.83. The number of aromatic nitrogens is 1. The SMILES string of the molecule is Cc1cccc(NC(=O)[C@H]2CC(=O)N(CCc3c[nH]c4ccc(F)cc34)C2)c1C. The molecular formula is C23H24FN3O2. The first-order valence-corrected chi connectivity index (χ1v) is 9.82. The van der Waals surface area contributed by atoms with Gasteiger partial charge in [-0.25, -0.2) is 4.39 Å². The van der Waals surface area contributed by atoms with E-state index in [9.17, 15) is 14.0 Å². The highest BCUT2D eigenvalue weighted by Gasteiger charge is 2.34. The maximum atomic E-state index is 13.5. The average molecular weight is 393 g/mol. The van der Waals surface area contributed by atoms with Crippen LogP contribution in [0.2, 0.25) is 0 Å². The Hall–Kier alpha value is -3.15. The molecule has 1 fully saturated rings. The Balaban J connectivity index is 1.39. The van der Waals surface area contributed by atoms with Crippen molar-refractivity contribution in [3.05, 3.63) is 65.1 Å². The van der Waals surface area contributed by atoms with Crippen molar-refractivity contribution < 1.29 is 14.0 Å². The van der Waals surface area contributed by atoms with Crippen LogP contribution in [0.5, 0.6) is 0 Å². The molecule has 4 rings (SSSR count). The van der Waals surface area contributed by atoms with E-state index in [0.717, 1.165) is 33.3 Å². The third kappa shape index (κ3) is 3.88. The van der Waals surface area contributed by atoms with E-state index >= 15 is 0 Å². The zero-order valence-electron chi connectivity index (χ0n) is 16.6. The number of benzene rings is 2. The summed E-state index contributed by atoms with van der Waals surface area (Å²) in [5.41, 5.74) is 4.79. The molecule has 2 heterocycles. The number of amides is 2. The molecule has 6 heteroatoms. The zero-order valence-corrected chi connectivity index (χ0v) is 16.6. The number of carbonyl (C=O) groups is 2. The van der Waals surface area contributed by atoms with Crippen LogP contribution in [0, 0.1) is 25.6 Å². The Bertz CT molecular complexity index is 1090. The van der Waals surface area contributed by atoms with Crippen molar-refractivity contribution in [2.75, 3.05) is 18.4 Å². The van der Waals surface area contributed by atoms with Crippen LogP contribution in [0.4, 0.5) is 10.1 Å². The molecule has 0 aliphatic carbocycles. The standard InChI is InChI=1S/C23H24FN3O2/c1-14-4-3-5-20(15(14)2)26-23(29)17-10-22(28)27(13-17)9-8-16-12-25-21-7-6-18(24)11-19(16)21/h3-7,11-12,17,25H,8-10,13H2,1-2H3,(H,26,29)/t17-/m0/s1. The maximum absolute atomic E-state index is 13.5. The Morgan fingerprint density at radius 2 is 2.10 bits per heavy atom. The molecule has 0 radical (unpaired) electrons. The van der Waals surface area contributed by atoms with E-state index in [4.69, 9.17) is 0 Å². The summed E-state index contributed by atoms with van der Waals surface area (Å²) in [6.07, 6.45) is 2.69. The molecule has 5 nitrogen and oxygen atoms in total. The van der Waals surface area contributed by atoms with E-state index in [2.05, 4.69) is 10.3 Å². The lowest BCUT2D eigenvalue weighted by Crippen LogP contribution is -2.30. The van der Waals surface area contributed by atoms with Gasteiger partial charge in [-0.1, -0.05) is 12.1 Å². The van der Waals surface area contributed by atoms with Crippen LogP contribution in [0.3, 0.4) is 0 Å². The first-order valence-electron chi connectivity index (χ1n) is 9.82. The van der Waals surface area contributed by atoms with E-state index in [1.165, 1.54) is 12.1 Å². The first kappa shape index (κ1) is 19.2. The number of nitrogens with one attached hydrogen (secondary N) is 2. The van der Waals surface area contributed by atoms with Crippen LogP contribution in [0.1, 0.15) is 23.1 Å². The van der Waals surface area contributed by atoms with Crippen LogP contribution < -0.4 is 5.32 Å². The quantitative estimate of drug-likeness (QED) is 0.689. The van der Waals surface area contributed by atoms with Crippen molar-refractivity contribution in [3.8, 4) is 0 Å². The van der Waals surface area contributed by atoms with Crippen molar-refractivity contribution in [1.29, 1.82) is 0 Å². The molecule has 1 aliphatic heterocycles. The Kier molecular flexibility index (Phi) is 5.09. The number of carbonyl (C=O) groups excluding carboxylic acids is 2. The van der Waals surface area contributed by atoms with Gasteiger partial charge in [0.25, 0.3) is 0 Å². The predicted molar refractivity (Wildman–Crippen MR) is 111 cm³/mol. The van der Waals surface area contributed by atoms with E-state index < -0.39 is 0 Å². The van der Waals surface area contributed by atoms with E-state index in [-0.39, 0.29) is 30.0 Å². The van der Waals surface area contributed by atoms with Crippen molar-refractivity contribution in [2.24, 2.45) is 5.92 Å². The van der Waals surface area contributed by atoms with Gasteiger partial charge in [-0.15, -0.1) is 0 Å². The average Bonchev–Trinajstić information content (AvgIpc) is 3.26. The first-order chi connectivity index (χ1) is 13.9. The number of H-pyrrole nitrogens is 1. The van der Waals surface area contributed by atoms with Gasteiger partial charge >= 0.3 is 0 Å². The fourth-order valence-corrected chi connectivity index (χ4v) is 3.90. The Labute approximate surface area is 168 Å². The molecular weight excluding hydrogens is 369 g/mol. The van der Waals surface area contributed by atoms with Gasteiger partial charge in [-0.3, -0.25) is 9.59 Å². The van der Waals surface area contributed by atoms with Crippen molar-refractivity contribution in [2.45, 2.75) is 26.7 Å². The fourth-order valence-electron chi connectivity index (χ4n) is 3.90. The van der Waals surface area contributed by atoms with Gasteiger partial charge in [0.05, 0.1) is 5.92 Å². The highest BCUT2D eigenvalue weighted by atomic mass is 19.1. The van der Waals surface area contributed by atoms with Crippen LogP contribution in [0.25, 0.3) is 10.9 Å². The van der Waals surface area contributed by atoms with Gasteiger partial charge in [-0.05, 0) is 61.2 Å². The smallest absolute Gasteiger partial charge is 0.229 e. The minimum absolute atomic E-state index is 0.0165. The molecule has 3 aromatic rings. The number of rotatable bonds is 5. The minimum atomic E-state index is -0.358. The van der Waals surface area contributed by atoms with Gasteiger partial charge in [0.1, 0.15) is 5.82 Å². The largest absolute Gasteiger partial charge is 0.361 e. The van der Waals surface area contributed by atoms with Crippen LogP contribution in [-0.4, -0.2) is 34.8 Å². The number of anilines is 1. The lowest BCUT2D eigenvalue weighted by Gasteiger charge is -2.17. The summed E-state index contributed by atoms with van der Waals surface area (Å²) in [6, 6.07) is 10.4. The summed E-state index contributed by atoms with van der Waals surface area (Å²) < 4.78 is 13.5. The van der Waals surface area contributed by atoms with Gasteiger partial charge in [-0.2, -0.15) is 0 Å². The summed E-state index contributed by atoms with van der Waals surface area (Å²) in [4.78, 5) is 30.0. The van der Waals surface area contributed by atoms with E-state index in [1.807, 2.05) is 38.2 Å². The molecule has 1 aliphatic rings. The maximum Gasteiger partial charge on any atom is 0.229 e. The van der Waals surface area contributed by atoms with Gasteiger partial charge in [0.2, 0.25) is 11.8 Å². The second kappa shape index (κ2) is 7.70. The molecule has 2 amide bonds. The van der Waals surface area contributed by atoms with Crippen LogP contribution in [0.15, 0.2) is 42.6 Å². The Morgan fingerprint density at radius 3 is 2.93 bits per heavy atom. The summed E-state index contributed by atoms with van der Waals surface area (Å²) in [5.74, 6) is -0.776. The second-order valence-electron chi connectivity index (χ2n) is 7.73. The van der Waals surface area contributed by atoms with Gasteiger partial charge in [0, 0.05) is 42.3 Å². The normalized spacial score (nSPS) is 16.6. The number of halogens is 1. The number of likely N-dealkylation sites (tertiary alicyclic amines) is 1. The number of hydrogen-bond donors (Lipinski definition) is 2. The summed E-state index contributed by atoms with van der Waals surface area (Å²) in [5, 5.41) is 3.80. The molecule has 0 unspecified atom stereocenters. The molecule has 0 bridgehead atoms. The molecule has 29 heavy (non-hydrogen) atoms. The third-order valence-electron chi connectivity index (χ3n) is 5.83. The van der Waals surface area contributed by atoms with Crippen LogP contribution >= 0.6 is 0 Å². The molecule has 2 aromatic carbocycles. The van der Waals surface area contributed by atoms with Crippen molar-refractivity contribution in [1.82, 2.24) is 9.88 Å².